The molecule has 0 bridgehead atoms. The van der Waals surface area contributed by atoms with E-state index in [1.165, 1.54) is 24.8 Å². The first-order valence-corrected chi connectivity index (χ1v) is 6.90. The van der Waals surface area contributed by atoms with Crippen molar-refractivity contribution in [1.29, 1.82) is 0 Å². The molecule has 0 atom stereocenters. The van der Waals surface area contributed by atoms with Crippen LogP contribution in [0.15, 0.2) is 30.3 Å². The van der Waals surface area contributed by atoms with E-state index in [1.807, 2.05) is 27.7 Å². The van der Waals surface area contributed by atoms with E-state index in [2.05, 4.69) is 44.2 Å². The summed E-state index contributed by atoms with van der Waals surface area (Å²) < 4.78 is 0. The van der Waals surface area contributed by atoms with Crippen LogP contribution in [0.2, 0.25) is 0 Å². The summed E-state index contributed by atoms with van der Waals surface area (Å²) in [5.41, 5.74) is 1.48. The third-order valence-electron chi connectivity index (χ3n) is 2.52. The molecule has 16 heavy (non-hydrogen) atoms. The molecule has 0 nitrogen and oxygen atoms in total. The molecule has 0 heteroatoms. The van der Waals surface area contributed by atoms with Gasteiger partial charge in [-0.05, 0) is 17.9 Å². The summed E-state index contributed by atoms with van der Waals surface area (Å²) in [7, 11) is 0. The largest absolute Gasteiger partial charge is 0.0683 e. The van der Waals surface area contributed by atoms with Crippen LogP contribution in [0.1, 0.15) is 59.9 Å². The molecule has 0 saturated heterocycles. The number of benzene rings is 1. The van der Waals surface area contributed by atoms with Crippen LogP contribution in [0.5, 0.6) is 0 Å². The first-order valence-electron chi connectivity index (χ1n) is 6.90. The Morgan fingerprint density at radius 1 is 0.812 bits per heavy atom. The Hall–Kier alpha value is -0.780. The van der Waals surface area contributed by atoms with Crippen LogP contribution in [0.3, 0.4) is 0 Å². The monoisotopic (exact) mass is 222 g/mol. The predicted octanol–water partition coefficient (Wildman–Crippen LogP) is 5.72. The molecule has 0 aliphatic carbocycles. The second-order valence-electron chi connectivity index (χ2n) is 3.37. The number of hydrogen-bond acceptors (Lipinski definition) is 0. The van der Waals surface area contributed by atoms with Crippen molar-refractivity contribution in [2.45, 2.75) is 60.8 Å². The topological polar surface area (TPSA) is 0 Å². The zero-order valence-corrected chi connectivity index (χ0v) is 12.1. The summed E-state index contributed by atoms with van der Waals surface area (Å²) >= 11 is 0. The zero-order valence-electron chi connectivity index (χ0n) is 12.1. The van der Waals surface area contributed by atoms with E-state index in [1.54, 1.807) is 0 Å². The molecular formula is C16H30. The van der Waals surface area contributed by atoms with Crippen LogP contribution in [0.25, 0.3) is 0 Å². The molecular weight excluding hydrogens is 192 g/mol. The lowest BCUT2D eigenvalue weighted by Gasteiger charge is -2.11. The molecule has 0 aliphatic heterocycles. The van der Waals surface area contributed by atoms with Crippen molar-refractivity contribution in [2.24, 2.45) is 5.92 Å². The molecule has 0 saturated carbocycles. The summed E-state index contributed by atoms with van der Waals surface area (Å²) in [5.74, 6) is 0.868. The Morgan fingerprint density at radius 3 is 1.62 bits per heavy atom. The van der Waals surface area contributed by atoms with Gasteiger partial charge in [0.05, 0.1) is 0 Å². The fourth-order valence-electron chi connectivity index (χ4n) is 1.52. The average molecular weight is 222 g/mol. The lowest BCUT2D eigenvalue weighted by atomic mass is 9.95. The second-order valence-corrected chi connectivity index (χ2v) is 3.37. The maximum Gasteiger partial charge on any atom is -0.0251 e. The molecule has 0 heterocycles. The van der Waals surface area contributed by atoms with E-state index in [0.29, 0.717) is 0 Å². The van der Waals surface area contributed by atoms with Gasteiger partial charge >= 0.3 is 0 Å². The van der Waals surface area contributed by atoms with Crippen LogP contribution >= 0.6 is 0 Å². The summed E-state index contributed by atoms with van der Waals surface area (Å²) in [5, 5.41) is 0. The maximum absolute atomic E-state index is 2.27. The van der Waals surface area contributed by atoms with Gasteiger partial charge in [0.15, 0.2) is 0 Å². The Balaban J connectivity index is 0. The van der Waals surface area contributed by atoms with Crippen molar-refractivity contribution in [3.05, 3.63) is 35.9 Å². The van der Waals surface area contributed by atoms with E-state index < -0.39 is 0 Å². The minimum absolute atomic E-state index is 0.868. The minimum Gasteiger partial charge on any atom is -0.0683 e. The Kier molecular flexibility index (Phi) is 15.7. The van der Waals surface area contributed by atoms with Gasteiger partial charge in [-0.1, -0.05) is 84.7 Å². The predicted molar refractivity (Wildman–Crippen MR) is 76.9 cm³/mol. The highest BCUT2D eigenvalue weighted by atomic mass is 14.1. The van der Waals surface area contributed by atoms with Crippen LogP contribution < -0.4 is 0 Å². The Morgan fingerprint density at radius 2 is 1.25 bits per heavy atom. The second kappa shape index (κ2) is 14.2. The summed E-state index contributed by atoms with van der Waals surface area (Å²) in [4.78, 5) is 0. The minimum atomic E-state index is 0.868. The fourth-order valence-corrected chi connectivity index (χ4v) is 1.52. The smallest absolute Gasteiger partial charge is 0.0251 e. The molecule has 0 fully saturated rings. The molecule has 1 rings (SSSR count). The summed E-state index contributed by atoms with van der Waals surface area (Å²) in [6, 6.07) is 10.8. The van der Waals surface area contributed by atoms with Gasteiger partial charge < -0.3 is 0 Å². The van der Waals surface area contributed by atoms with Crippen molar-refractivity contribution in [3.8, 4) is 0 Å². The zero-order chi connectivity index (χ0) is 12.8. The number of hydrogen-bond donors (Lipinski definition) is 0. The van der Waals surface area contributed by atoms with Crippen molar-refractivity contribution >= 4 is 0 Å². The molecule has 0 aliphatic rings. The third-order valence-corrected chi connectivity index (χ3v) is 2.52. The van der Waals surface area contributed by atoms with Crippen LogP contribution in [0, 0.1) is 5.92 Å². The maximum atomic E-state index is 2.27. The summed E-state index contributed by atoms with van der Waals surface area (Å²) in [6.45, 7) is 12.5. The molecule has 1 aromatic carbocycles. The van der Waals surface area contributed by atoms with E-state index in [0.717, 1.165) is 5.92 Å². The van der Waals surface area contributed by atoms with Gasteiger partial charge in [0.25, 0.3) is 0 Å². The van der Waals surface area contributed by atoms with Crippen LogP contribution in [-0.2, 0) is 6.42 Å². The molecule has 0 spiro atoms. The third kappa shape index (κ3) is 8.52. The Bertz CT molecular complexity index is 197. The van der Waals surface area contributed by atoms with E-state index in [9.17, 15) is 0 Å². The van der Waals surface area contributed by atoms with Crippen molar-refractivity contribution in [2.75, 3.05) is 0 Å². The van der Waals surface area contributed by atoms with E-state index >= 15 is 0 Å². The van der Waals surface area contributed by atoms with Crippen molar-refractivity contribution in [3.63, 3.8) is 0 Å². The van der Waals surface area contributed by atoms with Gasteiger partial charge in [-0.15, -0.1) is 0 Å². The standard InChI is InChI=1S/C12H18.2C2H6/c1-3-11(4-2)10-12-8-6-5-7-9-12;2*1-2/h5-9,11H,3-4,10H2,1-2H3;2*1-2H3. The van der Waals surface area contributed by atoms with Gasteiger partial charge in [-0.3, -0.25) is 0 Å². The van der Waals surface area contributed by atoms with Crippen molar-refractivity contribution < 1.29 is 0 Å². The highest BCUT2D eigenvalue weighted by Crippen LogP contribution is 2.14. The Labute approximate surface area is 103 Å². The fraction of sp³-hybridized carbons (Fsp3) is 0.625. The molecule has 94 valence electrons. The van der Waals surface area contributed by atoms with Gasteiger partial charge in [0, 0.05) is 0 Å². The highest BCUT2D eigenvalue weighted by molar-refractivity contribution is 5.15. The van der Waals surface area contributed by atoms with Crippen molar-refractivity contribution in [1.82, 2.24) is 0 Å². The van der Waals surface area contributed by atoms with E-state index in [4.69, 9.17) is 0 Å². The number of rotatable bonds is 4. The SMILES string of the molecule is CC.CC.CCC(CC)Cc1ccccc1. The first-order chi connectivity index (χ1) is 7.86. The van der Waals surface area contributed by atoms with Crippen LogP contribution in [0.4, 0.5) is 0 Å². The lowest BCUT2D eigenvalue weighted by molar-refractivity contribution is 0.490. The van der Waals surface area contributed by atoms with Gasteiger partial charge in [0.2, 0.25) is 0 Å². The van der Waals surface area contributed by atoms with Gasteiger partial charge in [-0.25, -0.2) is 0 Å². The van der Waals surface area contributed by atoms with Gasteiger partial charge in [0.1, 0.15) is 0 Å². The average Bonchev–Trinajstić information content (AvgIpc) is 2.42. The summed E-state index contributed by atoms with van der Waals surface area (Å²) in [6.07, 6.45) is 3.84. The molecule has 0 radical (unpaired) electrons. The van der Waals surface area contributed by atoms with Crippen LogP contribution in [-0.4, -0.2) is 0 Å². The molecule has 1 aromatic rings. The first kappa shape index (κ1) is 17.6. The highest BCUT2D eigenvalue weighted by Gasteiger charge is 2.03. The molecule has 0 aromatic heterocycles. The van der Waals surface area contributed by atoms with E-state index in [-0.39, 0.29) is 0 Å². The molecule has 0 N–H and O–H groups in total. The normalized spacial score (nSPS) is 8.69. The molecule has 0 unspecified atom stereocenters. The molecule has 0 amide bonds. The quantitative estimate of drug-likeness (QED) is 0.611. The van der Waals surface area contributed by atoms with Gasteiger partial charge in [-0.2, -0.15) is 0 Å². The lowest BCUT2D eigenvalue weighted by Crippen LogP contribution is -2.00.